The van der Waals surface area contributed by atoms with E-state index in [1.54, 1.807) is 26.1 Å². The van der Waals surface area contributed by atoms with Crippen LogP contribution < -0.4 is 41.0 Å². The van der Waals surface area contributed by atoms with E-state index < -0.39 is 53.5 Å². The summed E-state index contributed by atoms with van der Waals surface area (Å²) in [7, 11) is 0. The number of carbonyl (C=O) groups is 4. The van der Waals surface area contributed by atoms with Crippen molar-refractivity contribution in [3.63, 3.8) is 0 Å². The second-order valence-electron chi connectivity index (χ2n) is 19.4. The van der Waals surface area contributed by atoms with Gasteiger partial charge in [0.1, 0.15) is 65.9 Å². The lowest BCUT2D eigenvalue weighted by Crippen LogP contribution is -2.36. The number of alkyl carbamates (subject to hydrolysis) is 1. The Kier molecular flexibility index (Phi) is 21.1. The maximum Gasteiger partial charge on any atom is 0.419 e. The molecule has 7 heterocycles. The van der Waals surface area contributed by atoms with E-state index in [1.807, 2.05) is 30.3 Å². The van der Waals surface area contributed by atoms with E-state index in [2.05, 4.69) is 40.7 Å². The molecule has 84 heavy (non-hydrogen) atoms. The first-order valence-electron chi connectivity index (χ1n) is 26.7. The highest BCUT2D eigenvalue weighted by molar-refractivity contribution is 6.07. The van der Waals surface area contributed by atoms with Crippen LogP contribution in [0.1, 0.15) is 79.3 Å². The van der Waals surface area contributed by atoms with Crippen LogP contribution in [0.25, 0.3) is 0 Å². The van der Waals surface area contributed by atoms with E-state index in [9.17, 15) is 36.7 Å². The van der Waals surface area contributed by atoms with Crippen LogP contribution in [0.3, 0.4) is 0 Å². The predicted molar refractivity (Wildman–Crippen MR) is 304 cm³/mol. The second-order valence-corrected chi connectivity index (χ2v) is 19.4. The van der Waals surface area contributed by atoms with Crippen LogP contribution in [0.5, 0.6) is 11.5 Å². The van der Waals surface area contributed by atoms with Crippen LogP contribution in [-0.4, -0.2) is 109 Å². The standard InChI is InChI=1S/C28H28F2N4O5.C17H16F2N2O2.C14H16N4O3.ClH/c1-17-15-18(5-7-21(17)29)32-27(35)20-6-8-22(30)25-23(9-12-38-26(20)25)33-28(36)39-16-19-3-2-4-24(31-19)34-10-13-37-14-11-34;1-9-8-10(2-4-12(9)18)21-17(22)11-3-5-13(19)15-14(20)6-7-23-16(11)15;19-14(18-5-4-15-11-18)21-10-12-2-1-3-13(16-12)17-6-8-20-9-7-17;/h2-8,15,23H,9-14,16H2,1H3,(H,32,35)(H,33,36);2-5,8,14H,6-7,20H2,1H3,(H,21,22);1-5,11H,6-10H2;1H/t23-;14-;;/m00../s1. The molecular formula is C59H61ClF4N10O10. The number of hydrogen-bond acceptors (Lipinski definition) is 16. The molecule has 5 N–H and O–H groups in total. The van der Waals surface area contributed by atoms with Crippen molar-refractivity contribution >= 4 is 59.4 Å². The van der Waals surface area contributed by atoms with Gasteiger partial charge in [-0.25, -0.2) is 46.7 Å². The summed E-state index contributed by atoms with van der Waals surface area (Å²) in [5.74, 6) is -0.967. The average molecular weight is 1180 g/mol. The fourth-order valence-electron chi connectivity index (χ4n) is 9.26. The van der Waals surface area contributed by atoms with Crippen molar-refractivity contribution in [1.29, 1.82) is 0 Å². The topological polar surface area (TPSA) is 236 Å². The maximum absolute atomic E-state index is 14.9. The van der Waals surface area contributed by atoms with Crippen LogP contribution in [0, 0.1) is 37.1 Å². The van der Waals surface area contributed by atoms with Crippen molar-refractivity contribution < 1.29 is 65.2 Å². The van der Waals surface area contributed by atoms with Gasteiger partial charge in [0.2, 0.25) is 0 Å². The number of nitrogens with one attached hydrogen (secondary N) is 3. The lowest BCUT2D eigenvalue weighted by atomic mass is 9.96. The molecular weight excluding hydrogens is 1120 g/mol. The van der Waals surface area contributed by atoms with Gasteiger partial charge in [0.05, 0.1) is 73.8 Å². The third kappa shape index (κ3) is 15.6. The number of benzene rings is 4. The molecule has 0 spiro atoms. The van der Waals surface area contributed by atoms with Crippen molar-refractivity contribution in [2.45, 2.75) is 52.0 Å². The molecule has 7 aromatic rings. The van der Waals surface area contributed by atoms with Crippen molar-refractivity contribution in [2.75, 3.05) is 86.3 Å². The maximum atomic E-state index is 14.9. The minimum Gasteiger partial charge on any atom is -0.492 e. The highest BCUT2D eigenvalue weighted by Gasteiger charge is 2.32. The van der Waals surface area contributed by atoms with Gasteiger partial charge in [0, 0.05) is 74.4 Å². The average Bonchev–Trinajstić information content (AvgIpc) is 1.93. The molecule has 0 saturated carbocycles. The van der Waals surface area contributed by atoms with Gasteiger partial charge in [-0.05, 0) is 110 Å². The Labute approximate surface area is 487 Å². The Balaban J connectivity index is 0.000000175. The normalized spacial score (nSPS) is 15.9. The number of anilines is 4. The number of amides is 3. The van der Waals surface area contributed by atoms with E-state index in [1.165, 1.54) is 71.7 Å². The van der Waals surface area contributed by atoms with E-state index in [0.29, 0.717) is 73.3 Å². The molecule has 3 aromatic heterocycles. The number of morpholine rings is 2. The highest BCUT2D eigenvalue weighted by atomic mass is 35.5. The molecule has 4 aliphatic heterocycles. The summed E-state index contributed by atoms with van der Waals surface area (Å²) in [6.07, 6.45) is 4.03. The molecule has 0 bridgehead atoms. The molecule has 11 rings (SSSR count). The Bertz CT molecular complexity index is 3450. The van der Waals surface area contributed by atoms with Crippen molar-refractivity contribution in [1.82, 2.24) is 24.8 Å². The van der Waals surface area contributed by atoms with Crippen molar-refractivity contribution in [2.24, 2.45) is 5.73 Å². The summed E-state index contributed by atoms with van der Waals surface area (Å²) in [5.41, 5.74) is 9.41. The summed E-state index contributed by atoms with van der Waals surface area (Å²) < 4.78 is 89.5. The van der Waals surface area contributed by atoms with Crippen molar-refractivity contribution in [3.8, 4) is 11.5 Å². The fraction of sp³-hybridized carbons (Fsp3) is 0.305. The predicted octanol–water partition coefficient (Wildman–Crippen LogP) is 9.54. The largest absolute Gasteiger partial charge is 0.492 e. The third-order valence-corrected chi connectivity index (χ3v) is 13.6. The molecule has 0 aliphatic carbocycles. The summed E-state index contributed by atoms with van der Waals surface area (Å²) in [4.78, 5) is 66.9. The van der Waals surface area contributed by atoms with Gasteiger partial charge < -0.3 is 59.9 Å². The van der Waals surface area contributed by atoms with E-state index in [-0.39, 0.29) is 78.2 Å². The number of pyridine rings is 2. The minimum absolute atomic E-state index is 0. The van der Waals surface area contributed by atoms with Crippen LogP contribution in [0.15, 0.2) is 116 Å². The molecule has 0 radical (unpaired) electrons. The molecule has 0 unspecified atom stereocenters. The lowest BCUT2D eigenvalue weighted by molar-refractivity contribution is 0.101. The number of aromatic nitrogens is 4. The number of rotatable bonds is 11. The molecule has 25 heteroatoms. The zero-order valence-corrected chi connectivity index (χ0v) is 46.6. The molecule has 442 valence electrons. The number of nitrogens with two attached hydrogens (primary N) is 1. The lowest BCUT2D eigenvalue weighted by Gasteiger charge is -2.28. The zero-order valence-electron chi connectivity index (χ0n) is 45.8. The first kappa shape index (κ1) is 61.2. The van der Waals surface area contributed by atoms with Gasteiger partial charge >= 0.3 is 12.2 Å². The van der Waals surface area contributed by atoms with Gasteiger partial charge in [-0.2, -0.15) is 0 Å². The molecule has 2 atom stereocenters. The summed E-state index contributed by atoms with van der Waals surface area (Å²) in [5, 5.41) is 8.03. The first-order valence-corrected chi connectivity index (χ1v) is 26.7. The third-order valence-electron chi connectivity index (χ3n) is 13.6. The second kappa shape index (κ2) is 28.9. The van der Waals surface area contributed by atoms with Crippen LogP contribution in [-0.2, 0) is 32.2 Å². The van der Waals surface area contributed by atoms with Gasteiger partial charge in [0.25, 0.3) is 11.8 Å². The van der Waals surface area contributed by atoms with Crippen molar-refractivity contribution in [3.05, 3.63) is 184 Å². The van der Waals surface area contributed by atoms with Gasteiger partial charge in [-0.15, -0.1) is 12.4 Å². The number of aryl methyl sites for hydroxylation is 2. The zero-order chi connectivity index (χ0) is 58.4. The van der Waals surface area contributed by atoms with Crippen LogP contribution in [0.4, 0.5) is 50.2 Å². The smallest absolute Gasteiger partial charge is 0.419 e. The molecule has 3 amide bonds. The molecule has 4 aromatic carbocycles. The summed E-state index contributed by atoms with van der Waals surface area (Å²) in [6.45, 7) is 9.52. The molecule has 20 nitrogen and oxygen atoms in total. The van der Waals surface area contributed by atoms with Gasteiger partial charge in [0.15, 0.2) is 0 Å². The van der Waals surface area contributed by atoms with E-state index >= 15 is 0 Å². The highest BCUT2D eigenvalue weighted by Crippen LogP contribution is 2.39. The number of halogens is 5. The SMILES string of the molecule is Cc1cc(NC(=O)c2ccc(F)c3c2OCC[C@@H]3N)ccc1F.Cc1cc(NC(=O)c2ccc(F)c3c2OCC[C@@H]3NC(=O)OCc2cccc(N3CCOCC3)n2)ccc1F.Cl.O=C(OCc1cccc(N2CCOCC2)n1)n1ccnc1. The quantitative estimate of drug-likeness (QED) is 0.0883. The minimum atomic E-state index is -0.769. The van der Waals surface area contributed by atoms with Crippen LogP contribution in [0.2, 0.25) is 0 Å². The Morgan fingerprint density at radius 2 is 1.11 bits per heavy atom. The molecule has 2 fully saturated rings. The van der Waals surface area contributed by atoms with Crippen LogP contribution >= 0.6 is 12.4 Å². The summed E-state index contributed by atoms with van der Waals surface area (Å²) in [6, 6.07) is 23.4. The van der Waals surface area contributed by atoms with Gasteiger partial charge in [-0.3, -0.25) is 9.59 Å². The Morgan fingerprint density at radius 3 is 1.62 bits per heavy atom. The number of imidazole rings is 1. The van der Waals surface area contributed by atoms with E-state index in [0.717, 1.165) is 43.9 Å². The number of hydrogen-bond donors (Lipinski definition) is 4. The van der Waals surface area contributed by atoms with Gasteiger partial charge in [-0.1, -0.05) is 12.1 Å². The molecule has 2 saturated heterocycles. The Hall–Kier alpha value is -8.84. The fourth-order valence-corrected chi connectivity index (χ4v) is 9.26. The van der Waals surface area contributed by atoms with E-state index in [4.69, 9.17) is 34.2 Å². The number of carbonyl (C=O) groups excluding carboxylic acids is 4. The monoisotopic (exact) mass is 1180 g/mol. The summed E-state index contributed by atoms with van der Waals surface area (Å²) >= 11 is 0. The number of fused-ring (bicyclic) bond motifs is 2. The Morgan fingerprint density at radius 1 is 0.619 bits per heavy atom. The first-order chi connectivity index (χ1) is 40.2. The number of nitrogens with zero attached hydrogens (tertiary/aromatic N) is 6. The molecule has 4 aliphatic rings. The number of ether oxygens (including phenoxy) is 6.